The molecular weight excluding hydrogens is 172 g/mol. The monoisotopic (exact) mass is 184 g/mol. The normalized spacial score (nSPS) is 6.85. The molecule has 0 aliphatic heterocycles. The van der Waals surface area contributed by atoms with Crippen LogP contribution in [0.5, 0.6) is 5.75 Å². The van der Waals surface area contributed by atoms with Crippen LogP contribution in [0.4, 0.5) is 0 Å². The molecule has 1 aromatic carbocycles. The van der Waals surface area contributed by atoms with Crippen LogP contribution in [-0.4, -0.2) is 25.2 Å². The van der Waals surface area contributed by atoms with Crippen LogP contribution in [0.25, 0.3) is 0 Å². The molecule has 0 saturated carbocycles. The number of rotatable bonds is 2. The van der Waals surface area contributed by atoms with Gasteiger partial charge >= 0.3 is 0 Å². The van der Waals surface area contributed by atoms with E-state index in [1.54, 1.807) is 7.11 Å². The Labute approximate surface area is 76.4 Å². The summed E-state index contributed by atoms with van der Waals surface area (Å²) in [4.78, 5) is 17.6. The minimum absolute atomic E-state index is 0. The Balaban J connectivity index is 0. The standard InChI is InChI=1S/C7H8O.C2H2O2.H2O/c1-8-7-5-3-2-4-6-7;3-1-2-4;/h2-6H,1H3;1-2H;1H2. The van der Waals surface area contributed by atoms with Gasteiger partial charge in [0.15, 0.2) is 12.6 Å². The van der Waals surface area contributed by atoms with Gasteiger partial charge in [0.1, 0.15) is 5.75 Å². The highest BCUT2D eigenvalue weighted by Crippen LogP contribution is 2.05. The Morgan fingerprint density at radius 3 is 1.77 bits per heavy atom. The third kappa shape index (κ3) is 8.22. The van der Waals surface area contributed by atoms with Crippen molar-refractivity contribution < 1.29 is 19.8 Å². The van der Waals surface area contributed by atoms with Crippen LogP contribution in [0.2, 0.25) is 0 Å². The molecule has 4 heteroatoms. The van der Waals surface area contributed by atoms with Crippen molar-refractivity contribution >= 4 is 12.6 Å². The minimum atomic E-state index is 0. The number of para-hydroxylation sites is 1. The van der Waals surface area contributed by atoms with E-state index >= 15 is 0 Å². The molecule has 0 spiro atoms. The van der Waals surface area contributed by atoms with E-state index in [0.717, 1.165) is 5.75 Å². The fourth-order valence-corrected chi connectivity index (χ4v) is 0.557. The maximum absolute atomic E-state index is 8.81. The number of carbonyl (C=O) groups excluding carboxylic acids is 2. The average Bonchev–Trinajstić information content (AvgIpc) is 2.19. The Hall–Kier alpha value is -1.68. The Morgan fingerprint density at radius 1 is 1.08 bits per heavy atom. The second-order valence-corrected chi connectivity index (χ2v) is 1.79. The quantitative estimate of drug-likeness (QED) is 0.488. The van der Waals surface area contributed by atoms with Gasteiger partial charge in [0.25, 0.3) is 0 Å². The molecule has 72 valence electrons. The molecule has 0 heterocycles. The van der Waals surface area contributed by atoms with Crippen LogP contribution in [0.1, 0.15) is 0 Å². The first-order valence-electron chi connectivity index (χ1n) is 3.33. The molecule has 0 aliphatic rings. The minimum Gasteiger partial charge on any atom is -0.497 e. The number of hydrogen-bond acceptors (Lipinski definition) is 3. The van der Waals surface area contributed by atoms with Gasteiger partial charge in [0.2, 0.25) is 0 Å². The van der Waals surface area contributed by atoms with Crippen LogP contribution >= 0.6 is 0 Å². The van der Waals surface area contributed by atoms with E-state index in [1.807, 2.05) is 30.3 Å². The van der Waals surface area contributed by atoms with Gasteiger partial charge in [0.05, 0.1) is 7.11 Å². The van der Waals surface area contributed by atoms with Gasteiger partial charge in [-0.05, 0) is 12.1 Å². The first-order chi connectivity index (χ1) is 5.85. The van der Waals surface area contributed by atoms with Crippen molar-refractivity contribution in [2.75, 3.05) is 7.11 Å². The molecule has 2 N–H and O–H groups in total. The van der Waals surface area contributed by atoms with Gasteiger partial charge in [-0.25, -0.2) is 0 Å². The maximum Gasteiger partial charge on any atom is 0.182 e. The molecular formula is C9H12O4. The highest BCUT2D eigenvalue weighted by Gasteiger charge is 1.80. The van der Waals surface area contributed by atoms with Crippen LogP contribution in [0.15, 0.2) is 30.3 Å². The first-order valence-corrected chi connectivity index (χ1v) is 3.33. The lowest BCUT2D eigenvalue weighted by Crippen LogP contribution is -1.78. The summed E-state index contributed by atoms with van der Waals surface area (Å²) in [6.07, 6.45) is 0.389. The molecule has 4 nitrogen and oxygen atoms in total. The molecule has 0 radical (unpaired) electrons. The zero-order chi connectivity index (χ0) is 9.23. The predicted molar refractivity (Wildman–Crippen MR) is 48.7 cm³/mol. The molecule has 0 fully saturated rings. The van der Waals surface area contributed by atoms with Gasteiger partial charge in [-0.3, -0.25) is 9.59 Å². The summed E-state index contributed by atoms with van der Waals surface area (Å²) in [5, 5.41) is 0. The van der Waals surface area contributed by atoms with Crippen molar-refractivity contribution in [1.82, 2.24) is 0 Å². The zero-order valence-corrected chi connectivity index (χ0v) is 7.27. The van der Waals surface area contributed by atoms with E-state index < -0.39 is 0 Å². The van der Waals surface area contributed by atoms with Gasteiger partial charge in [-0.1, -0.05) is 18.2 Å². The van der Waals surface area contributed by atoms with Gasteiger partial charge in [-0.2, -0.15) is 0 Å². The number of ether oxygens (including phenoxy) is 1. The Morgan fingerprint density at radius 2 is 1.54 bits per heavy atom. The lowest BCUT2D eigenvalue weighted by Gasteiger charge is -1.93. The SMILES string of the molecule is COc1ccccc1.O.O=CC=O. The molecule has 0 unspecified atom stereocenters. The second kappa shape index (κ2) is 10.3. The van der Waals surface area contributed by atoms with E-state index in [4.69, 9.17) is 14.3 Å². The van der Waals surface area contributed by atoms with Gasteiger partial charge in [0, 0.05) is 0 Å². The summed E-state index contributed by atoms with van der Waals surface area (Å²) >= 11 is 0. The van der Waals surface area contributed by atoms with E-state index in [2.05, 4.69) is 0 Å². The number of benzene rings is 1. The highest BCUT2D eigenvalue weighted by atomic mass is 16.5. The number of aldehydes is 2. The van der Waals surface area contributed by atoms with Crippen LogP contribution in [0, 0.1) is 0 Å². The number of hydrogen-bond donors (Lipinski definition) is 0. The Kier molecular flexibility index (Phi) is 11.0. The third-order valence-electron chi connectivity index (χ3n) is 1.03. The highest BCUT2D eigenvalue weighted by molar-refractivity contribution is 6.09. The van der Waals surface area contributed by atoms with E-state index in [-0.39, 0.29) is 18.0 Å². The lowest BCUT2D eigenvalue weighted by molar-refractivity contribution is -0.122. The number of carbonyl (C=O) groups is 2. The zero-order valence-electron chi connectivity index (χ0n) is 7.27. The molecule has 0 atom stereocenters. The second-order valence-electron chi connectivity index (χ2n) is 1.79. The smallest absolute Gasteiger partial charge is 0.182 e. The summed E-state index contributed by atoms with van der Waals surface area (Å²) in [5.74, 6) is 0.910. The fraction of sp³-hybridized carbons (Fsp3) is 0.111. The van der Waals surface area contributed by atoms with Crippen molar-refractivity contribution in [2.45, 2.75) is 0 Å². The molecule has 0 aromatic heterocycles. The van der Waals surface area contributed by atoms with Crippen molar-refractivity contribution in [3.8, 4) is 5.75 Å². The molecule has 0 saturated heterocycles. The molecule has 13 heavy (non-hydrogen) atoms. The van der Waals surface area contributed by atoms with Crippen molar-refractivity contribution in [2.24, 2.45) is 0 Å². The molecule has 0 amide bonds. The molecule has 0 aliphatic carbocycles. The lowest BCUT2D eigenvalue weighted by atomic mass is 10.3. The molecule has 1 rings (SSSR count). The van der Waals surface area contributed by atoms with Crippen molar-refractivity contribution in [3.05, 3.63) is 30.3 Å². The predicted octanol–water partition coefficient (Wildman–Crippen LogP) is 0.255. The topological polar surface area (TPSA) is 74.9 Å². The van der Waals surface area contributed by atoms with Crippen LogP contribution in [-0.2, 0) is 9.59 Å². The largest absolute Gasteiger partial charge is 0.497 e. The maximum atomic E-state index is 8.81. The third-order valence-corrected chi connectivity index (χ3v) is 1.03. The fourth-order valence-electron chi connectivity index (χ4n) is 0.557. The van der Waals surface area contributed by atoms with E-state index in [9.17, 15) is 0 Å². The summed E-state index contributed by atoms with van der Waals surface area (Å²) in [5.41, 5.74) is 0. The summed E-state index contributed by atoms with van der Waals surface area (Å²) < 4.78 is 4.91. The summed E-state index contributed by atoms with van der Waals surface area (Å²) in [6, 6.07) is 9.68. The van der Waals surface area contributed by atoms with Gasteiger partial charge in [-0.15, -0.1) is 0 Å². The number of methoxy groups -OCH3 is 1. The average molecular weight is 184 g/mol. The first kappa shape index (κ1) is 13.9. The molecule has 0 bridgehead atoms. The molecule has 1 aromatic rings. The van der Waals surface area contributed by atoms with Crippen molar-refractivity contribution in [3.63, 3.8) is 0 Å². The summed E-state index contributed by atoms with van der Waals surface area (Å²) in [7, 11) is 1.66. The van der Waals surface area contributed by atoms with E-state index in [1.165, 1.54) is 0 Å². The summed E-state index contributed by atoms with van der Waals surface area (Å²) in [6.45, 7) is 0. The van der Waals surface area contributed by atoms with E-state index in [0.29, 0.717) is 0 Å². The van der Waals surface area contributed by atoms with Crippen LogP contribution in [0.3, 0.4) is 0 Å². The van der Waals surface area contributed by atoms with Crippen molar-refractivity contribution in [1.29, 1.82) is 0 Å². The van der Waals surface area contributed by atoms with Crippen LogP contribution < -0.4 is 4.74 Å². The Bertz CT molecular complexity index is 214. The van der Waals surface area contributed by atoms with Gasteiger partial charge < -0.3 is 10.2 Å².